The summed E-state index contributed by atoms with van der Waals surface area (Å²) in [6, 6.07) is 9.57. The molecule has 0 saturated carbocycles. The van der Waals surface area contributed by atoms with Crippen molar-refractivity contribution in [2.24, 2.45) is 0 Å². The maximum Gasteiger partial charge on any atom is 0.325 e. The molecule has 0 spiro atoms. The van der Waals surface area contributed by atoms with Crippen LogP contribution in [-0.2, 0) is 14.3 Å². The molecule has 146 valence electrons. The van der Waals surface area contributed by atoms with Crippen LogP contribution >= 0.6 is 23.8 Å². The van der Waals surface area contributed by atoms with E-state index in [2.05, 4.69) is 9.30 Å². The highest BCUT2D eigenvalue weighted by atomic mass is 35.5. The molecule has 1 fully saturated rings. The molecule has 2 heterocycles. The van der Waals surface area contributed by atoms with Crippen molar-refractivity contribution in [1.29, 1.82) is 0 Å². The quantitative estimate of drug-likeness (QED) is 0.434. The fourth-order valence-electron chi connectivity index (χ4n) is 3.21. The van der Waals surface area contributed by atoms with Gasteiger partial charge in [-0.3, -0.25) is 14.5 Å². The Labute approximate surface area is 173 Å². The SMILES string of the molecule is COC(=O)CN1C(=O)/C(=C/c2cc(C)n(-c3ccc(Cl)cc3)c2C)N(C)C1=S. The third-order valence-corrected chi connectivity index (χ3v) is 5.45. The van der Waals surface area contributed by atoms with E-state index in [9.17, 15) is 9.59 Å². The molecular weight excluding hydrogens is 398 g/mol. The Morgan fingerprint density at radius 1 is 1.25 bits per heavy atom. The minimum atomic E-state index is -0.522. The molecule has 0 aliphatic carbocycles. The van der Waals surface area contributed by atoms with Crippen LogP contribution in [-0.4, -0.2) is 52.1 Å². The first-order valence-corrected chi connectivity index (χ1v) is 9.36. The molecule has 1 aromatic heterocycles. The summed E-state index contributed by atoms with van der Waals surface area (Å²) in [6.45, 7) is 3.77. The molecule has 0 bridgehead atoms. The van der Waals surface area contributed by atoms with Gasteiger partial charge in [-0.25, -0.2) is 0 Å². The number of benzene rings is 1. The molecule has 2 aromatic rings. The lowest BCUT2D eigenvalue weighted by Crippen LogP contribution is -2.36. The van der Waals surface area contributed by atoms with E-state index in [1.165, 1.54) is 12.0 Å². The van der Waals surface area contributed by atoms with Gasteiger partial charge in [0.05, 0.1) is 7.11 Å². The molecule has 1 aromatic carbocycles. The number of rotatable bonds is 4. The zero-order valence-electron chi connectivity index (χ0n) is 16.0. The Kier molecular flexibility index (Phi) is 5.58. The van der Waals surface area contributed by atoms with Gasteiger partial charge in [0.25, 0.3) is 5.91 Å². The Hall–Kier alpha value is -2.64. The maximum absolute atomic E-state index is 12.8. The number of likely N-dealkylation sites (N-methyl/N-ethyl adjacent to an activating group) is 1. The summed E-state index contributed by atoms with van der Waals surface area (Å²) in [5.74, 6) is -0.847. The average molecular weight is 418 g/mol. The third kappa shape index (κ3) is 3.55. The van der Waals surface area contributed by atoms with Crippen LogP contribution in [0.5, 0.6) is 0 Å². The van der Waals surface area contributed by atoms with Crippen molar-refractivity contribution >= 4 is 46.9 Å². The Morgan fingerprint density at radius 2 is 1.89 bits per heavy atom. The number of carbonyl (C=O) groups excluding carboxylic acids is 2. The lowest BCUT2D eigenvalue weighted by atomic mass is 10.2. The molecule has 6 nitrogen and oxygen atoms in total. The molecule has 8 heteroatoms. The van der Waals surface area contributed by atoms with Crippen molar-refractivity contribution in [3.8, 4) is 5.69 Å². The Morgan fingerprint density at radius 3 is 2.50 bits per heavy atom. The molecule has 1 amide bonds. The number of aryl methyl sites for hydroxylation is 1. The number of carbonyl (C=O) groups is 2. The summed E-state index contributed by atoms with van der Waals surface area (Å²) in [6.07, 6.45) is 1.79. The predicted octanol–water partition coefficient (Wildman–Crippen LogP) is 3.32. The van der Waals surface area contributed by atoms with Gasteiger partial charge in [-0.2, -0.15) is 0 Å². The summed E-state index contributed by atoms with van der Waals surface area (Å²) >= 11 is 11.3. The number of amides is 1. The van der Waals surface area contributed by atoms with Gasteiger partial charge in [0.2, 0.25) is 0 Å². The second-order valence-electron chi connectivity index (χ2n) is 6.48. The van der Waals surface area contributed by atoms with Gasteiger partial charge in [-0.1, -0.05) is 11.6 Å². The maximum atomic E-state index is 12.8. The number of methoxy groups -OCH3 is 1. The molecule has 0 unspecified atom stereocenters. The van der Waals surface area contributed by atoms with Crippen LogP contribution in [0.1, 0.15) is 17.0 Å². The average Bonchev–Trinajstić information content (AvgIpc) is 3.05. The first-order chi connectivity index (χ1) is 13.2. The zero-order valence-corrected chi connectivity index (χ0v) is 17.6. The van der Waals surface area contributed by atoms with E-state index >= 15 is 0 Å². The molecule has 0 N–H and O–H groups in total. The number of aromatic nitrogens is 1. The minimum Gasteiger partial charge on any atom is -0.468 e. The largest absolute Gasteiger partial charge is 0.468 e. The number of halogens is 1. The van der Waals surface area contributed by atoms with E-state index in [0.29, 0.717) is 10.7 Å². The first kappa shape index (κ1) is 20.1. The van der Waals surface area contributed by atoms with Crippen LogP contribution in [0.15, 0.2) is 36.0 Å². The second-order valence-corrected chi connectivity index (χ2v) is 7.28. The van der Waals surface area contributed by atoms with Crippen LogP contribution < -0.4 is 0 Å². The van der Waals surface area contributed by atoms with E-state index in [0.717, 1.165) is 22.6 Å². The van der Waals surface area contributed by atoms with Crippen LogP contribution in [0, 0.1) is 13.8 Å². The highest BCUT2D eigenvalue weighted by molar-refractivity contribution is 7.80. The highest BCUT2D eigenvalue weighted by Crippen LogP contribution is 2.27. The van der Waals surface area contributed by atoms with Gasteiger partial charge in [-0.15, -0.1) is 0 Å². The van der Waals surface area contributed by atoms with E-state index in [4.69, 9.17) is 23.8 Å². The normalized spacial score (nSPS) is 15.7. The Balaban J connectivity index is 1.99. The van der Waals surface area contributed by atoms with Crippen molar-refractivity contribution in [3.05, 3.63) is 58.0 Å². The molecule has 1 aliphatic heterocycles. The fraction of sp³-hybridized carbons (Fsp3) is 0.250. The van der Waals surface area contributed by atoms with Crippen LogP contribution in [0.2, 0.25) is 5.02 Å². The number of thiocarbonyl (C=S) groups is 1. The third-order valence-electron chi connectivity index (χ3n) is 4.71. The van der Waals surface area contributed by atoms with E-state index in [-0.39, 0.29) is 17.6 Å². The van der Waals surface area contributed by atoms with Crippen molar-refractivity contribution in [1.82, 2.24) is 14.4 Å². The number of hydrogen-bond acceptors (Lipinski definition) is 4. The second kappa shape index (κ2) is 7.77. The zero-order chi connectivity index (χ0) is 20.6. The fourth-order valence-corrected chi connectivity index (χ4v) is 3.58. The summed E-state index contributed by atoms with van der Waals surface area (Å²) in [7, 11) is 2.99. The summed E-state index contributed by atoms with van der Waals surface area (Å²) in [5.41, 5.74) is 4.29. The van der Waals surface area contributed by atoms with Crippen molar-refractivity contribution in [3.63, 3.8) is 0 Å². The topological polar surface area (TPSA) is 54.8 Å². The van der Waals surface area contributed by atoms with Gasteiger partial charge >= 0.3 is 5.97 Å². The molecule has 28 heavy (non-hydrogen) atoms. The van der Waals surface area contributed by atoms with E-state index < -0.39 is 5.97 Å². The van der Waals surface area contributed by atoms with Gasteiger partial charge in [0, 0.05) is 29.1 Å². The summed E-state index contributed by atoms with van der Waals surface area (Å²) < 4.78 is 6.74. The Bertz CT molecular complexity index is 995. The molecule has 1 saturated heterocycles. The van der Waals surface area contributed by atoms with Crippen LogP contribution in [0.3, 0.4) is 0 Å². The molecule has 0 atom stereocenters. The smallest absolute Gasteiger partial charge is 0.325 e. The summed E-state index contributed by atoms with van der Waals surface area (Å²) in [5, 5.41) is 0.944. The number of nitrogens with zero attached hydrogens (tertiary/aromatic N) is 3. The monoisotopic (exact) mass is 417 g/mol. The molecule has 3 rings (SSSR count). The van der Waals surface area contributed by atoms with Gasteiger partial charge in [0.1, 0.15) is 12.2 Å². The lowest BCUT2D eigenvalue weighted by molar-refractivity contribution is -0.143. The van der Waals surface area contributed by atoms with Crippen LogP contribution in [0.4, 0.5) is 0 Å². The van der Waals surface area contributed by atoms with Gasteiger partial charge in [0.15, 0.2) is 5.11 Å². The van der Waals surface area contributed by atoms with E-state index in [1.807, 2.05) is 44.2 Å². The number of ether oxygens (including phenoxy) is 1. The lowest BCUT2D eigenvalue weighted by Gasteiger charge is -2.14. The first-order valence-electron chi connectivity index (χ1n) is 8.57. The number of esters is 1. The highest BCUT2D eigenvalue weighted by Gasteiger charge is 2.37. The molecule has 0 radical (unpaired) electrons. The van der Waals surface area contributed by atoms with Crippen molar-refractivity contribution in [2.75, 3.05) is 20.7 Å². The van der Waals surface area contributed by atoms with Crippen molar-refractivity contribution < 1.29 is 14.3 Å². The van der Waals surface area contributed by atoms with Crippen molar-refractivity contribution in [2.45, 2.75) is 13.8 Å². The minimum absolute atomic E-state index is 0.209. The standard InChI is InChI=1S/C20H20ClN3O3S/c1-12-9-14(13(2)24(12)16-7-5-15(21)6-8-16)10-17-19(26)23(11-18(25)27-4)20(28)22(17)3/h5-10H,11H2,1-4H3/b17-10-. The van der Waals surface area contributed by atoms with Gasteiger partial charge < -0.3 is 14.2 Å². The predicted molar refractivity (Wildman–Crippen MR) is 112 cm³/mol. The van der Waals surface area contributed by atoms with E-state index in [1.54, 1.807) is 18.0 Å². The number of hydrogen-bond donors (Lipinski definition) is 0. The van der Waals surface area contributed by atoms with Gasteiger partial charge in [-0.05, 0) is 68.0 Å². The molecule has 1 aliphatic rings. The summed E-state index contributed by atoms with van der Waals surface area (Å²) in [4.78, 5) is 27.2. The van der Waals surface area contributed by atoms with Crippen LogP contribution in [0.25, 0.3) is 11.8 Å². The molecular formula is C20H20ClN3O3S.